The molecule has 0 spiro atoms. The molecule has 0 amide bonds. The Hall–Kier alpha value is -0.710. The third kappa shape index (κ3) is 7.56. The van der Waals surface area contributed by atoms with Crippen molar-refractivity contribution in [2.24, 2.45) is 5.73 Å². The molecule has 0 aliphatic carbocycles. The van der Waals surface area contributed by atoms with Crippen molar-refractivity contribution in [3.63, 3.8) is 0 Å². The van der Waals surface area contributed by atoms with Crippen molar-refractivity contribution in [1.82, 2.24) is 0 Å². The summed E-state index contributed by atoms with van der Waals surface area (Å²) in [6, 6.07) is 2.07. The molecule has 0 aliphatic rings. The van der Waals surface area contributed by atoms with Gasteiger partial charge >= 0.3 is 0 Å². The van der Waals surface area contributed by atoms with E-state index in [1.54, 1.807) is 14.2 Å². The van der Waals surface area contributed by atoms with Crippen molar-refractivity contribution in [2.75, 3.05) is 41.0 Å². The Balaban J connectivity index is 3.70. The van der Waals surface area contributed by atoms with E-state index < -0.39 is 5.54 Å². The zero-order valence-corrected chi connectivity index (χ0v) is 9.90. The van der Waals surface area contributed by atoms with Crippen LogP contribution in [0.15, 0.2) is 0 Å². The molecule has 0 aromatic heterocycles. The summed E-state index contributed by atoms with van der Waals surface area (Å²) < 4.78 is 19.6. The largest absolute Gasteiger partial charge is 0.359 e. The lowest BCUT2D eigenvalue weighted by molar-refractivity contribution is -0.0427. The number of nitrogens with two attached hydrogens (primary N) is 1. The monoisotopic (exact) mass is 232 g/mol. The van der Waals surface area contributed by atoms with Crippen LogP contribution in [0.25, 0.3) is 0 Å². The van der Waals surface area contributed by atoms with Gasteiger partial charge in [-0.3, -0.25) is 0 Å². The smallest absolute Gasteiger partial charge is 0.146 e. The van der Waals surface area contributed by atoms with Crippen molar-refractivity contribution < 1.29 is 18.9 Å². The molecule has 0 unspecified atom stereocenters. The van der Waals surface area contributed by atoms with Crippen LogP contribution in [0.4, 0.5) is 0 Å². The normalized spacial score (nSPS) is 11.4. The predicted molar refractivity (Wildman–Crippen MR) is 57.4 cm³/mol. The van der Waals surface area contributed by atoms with E-state index >= 15 is 0 Å². The quantitative estimate of drug-likeness (QED) is 0.428. The lowest BCUT2D eigenvalue weighted by atomic mass is 9.95. The molecule has 0 saturated carbocycles. The molecule has 0 atom stereocenters. The highest BCUT2D eigenvalue weighted by molar-refractivity contribution is 5.04. The summed E-state index contributed by atoms with van der Waals surface area (Å²) in [6.07, 6.45) is 0.895. The fraction of sp³-hybridized carbons (Fsp3) is 0.900. The summed E-state index contributed by atoms with van der Waals surface area (Å²) in [5, 5.41) is 8.95. The van der Waals surface area contributed by atoms with Crippen LogP contribution in [0.1, 0.15) is 12.8 Å². The van der Waals surface area contributed by atoms with Gasteiger partial charge in [0, 0.05) is 27.1 Å². The first kappa shape index (κ1) is 15.3. The number of ether oxygens (including phenoxy) is 4. The minimum Gasteiger partial charge on any atom is -0.359 e. The predicted octanol–water partition coefficient (Wildman–Crippen LogP) is 0.229. The Kier molecular flexibility index (Phi) is 9.09. The van der Waals surface area contributed by atoms with Crippen molar-refractivity contribution in [2.45, 2.75) is 18.4 Å². The van der Waals surface area contributed by atoms with Crippen LogP contribution in [-0.4, -0.2) is 46.6 Å². The van der Waals surface area contributed by atoms with Crippen molar-refractivity contribution in [3.8, 4) is 6.07 Å². The topological polar surface area (TPSA) is 86.7 Å². The molecule has 6 nitrogen and oxygen atoms in total. The van der Waals surface area contributed by atoms with E-state index in [0.29, 0.717) is 26.1 Å². The molecule has 0 bridgehead atoms. The molecule has 16 heavy (non-hydrogen) atoms. The summed E-state index contributed by atoms with van der Waals surface area (Å²) in [4.78, 5) is 0. The van der Waals surface area contributed by atoms with Gasteiger partial charge in [0.05, 0.1) is 19.3 Å². The van der Waals surface area contributed by atoms with E-state index in [1.807, 2.05) is 0 Å². The lowest BCUT2D eigenvalue weighted by Crippen LogP contribution is -2.40. The average molecular weight is 232 g/mol. The van der Waals surface area contributed by atoms with Gasteiger partial charge < -0.3 is 24.7 Å². The van der Waals surface area contributed by atoms with Crippen LogP contribution in [-0.2, 0) is 18.9 Å². The Labute approximate surface area is 96.2 Å². The van der Waals surface area contributed by atoms with E-state index in [9.17, 15) is 0 Å². The summed E-state index contributed by atoms with van der Waals surface area (Å²) in [6.45, 7) is 1.20. The first-order valence-corrected chi connectivity index (χ1v) is 5.02. The molecular formula is C10H20N2O4. The highest BCUT2D eigenvalue weighted by Crippen LogP contribution is 2.11. The van der Waals surface area contributed by atoms with Gasteiger partial charge in [0.2, 0.25) is 0 Å². The van der Waals surface area contributed by atoms with Crippen LogP contribution in [0, 0.1) is 11.3 Å². The highest BCUT2D eigenvalue weighted by Gasteiger charge is 2.23. The second kappa shape index (κ2) is 9.51. The summed E-state index contributed by atoms with van der Waals surface area (Å²) in [5.41, 5.74) is 4.94. The van der Waals surface area contributed by atoms with Gasteiger partial charge in [0.1, 0.15) is 19.1 Å². The number of hydrogen-bond donors (Lipinski definition) is 1. The second-order valence-corrected chi connectivity index (χ2v) is 3.40. The molecule has 0 rings (SSSR count). The van der Waals surface area contributed by atoms with E-state index in [4.69, 9.17) is 29.9 Å². The second-order valence-electron chi connectivity index (χ2n) is 3.40. The number of nitriles is 1. The number of nitrogens with zero attached hydrogens (tertiary/aromatic N) is 1. The summed E-state index contributed by atoms with van der Waals surface area (Å²) in [5.74, 6) is 0. The van der Waals surface area contributed by atoms with Crippen molar-refractivity contribution in [1.29, 1.82) is 5.26 Å². The molecular weight excluding hydrogens is 212 g/mol. The molecule has 2 N–H and O–H groups in total. The van der Waals surface area contributed by atoms with Crippen LogP contribution < -0.4 is 5.73 Å². The van der Waals surface area contributed by atoms with Crippen LogP contribution in [0.5, 0.6) is 0 Å². The zero-order chi connectivity index (χ0) is 12.3. The third-order valence-corrected chi connectivity index (χ3v) is 2.01. The maximum absolute atomic E-state index is 8.95. The molecule has 0 aromatic carbocycles. The highest BCUT2D eigenvalue weighted by atomic mass is 16.7. The van der Waals surface area contributed by atoms with E-state index in [1.165, 1.54) is 0 Å². The molecule has 0 aliphatic heterocycles. The van der Waals surface area contributed by atoms with Crippen LogP contribution in [0.3, 0.4) is 0 Å². The molecule has 0 saturated heterocycles. The van der Waals surface area contributed by atoms with Gasteiger partial charge in [-0.05, 0) is 0 Å². The number of methoxy groups -OCH3 is 2. The Morgan fingerprint density at radius 3 is 1.81 bits per heavy atom. The number of hydrogen-bond acceptors (Lipinski definition) is 6. The zero-order valence-electron chi connectivity index (χ0n) is 9.90. The average Bonchev–Trinajstić information content (AvgIpc) is 2.31. The van der Waals surface area contributed by atoms with Gasteiger partial charge in [-0.25, -0.2) is 0 Å². The first-order chi connectivity index (χ1) is 7.68. The van der Waals surface area contributed by atoms with Gasteiger partial charge in [-0.1, -0.05) is 0 Å². The SMILES string of the molecule is COCOCCC(N)(C#N)CCOCOC. The summed E-state index contributed by atoms with van der Waals surface area (Å²) in [7, 11) is 3.08. The van der Waals surface area contributed by atoms with Gasteiger partial charge in [-0.2, -0.15) is 5.26 Å². The van der Waals surface area contributed by atoms with E-state index in [-0.39, 0.29) is 13.6 Å². The van der Waals surface area contributed by atoms with E-state index in [0.717, 1.165) is 0 Å². The molecule has 0 fully saturated rings. The molecule has 0 radical (unpaired) electrons. The maximum Gasteiger partial charge on any atom is 0.146 e. The summed E-state index contributed by atoms with van der Waals surface area (Å²) >= 11 is 0. The fourth-order valence-corrected chi connectivity index (χ4v) is 1.03. The standard InChI is InChI=1S/C10H20N2O4/c1-13-8-15-5-3-10(12,7-11)4-6-16-9-14-2/h3-6,8-9,12H2,1-2H3. The minimum atomic E-state index is -0.915. The van der Waals surface area contributed by atoms with Gasteiger partial charge in [0.15, 0.2) is 0 Å². The Morgan fingerprint density at radius 1 is 1.06 bits per heavy atom. The van der Waals surface area contributed by atoms with Crippen LogP contribution >= 0.6 is 0 Å². The van der Waals surface area contributed by atoms with Gasteiger partial charge in [-0.15, -0.1) is 0 Å². The lowest BCUT2D eigenvalue weighted by Gasteiger charge is -2.20. The Morgan fingerprint density at radius 2 is 1.50 bits per heavy atom. The first-order valence-electron chi connectivity index (χ1n) is 5.02. The van der Waals surface area contributed by atoms with Crippen LogP contribution in [0.2, 0.25) is 0 Å². The van der Waals surface area contributed by atoms with E-state index in [2.05, 4.69) is 6.07 Å². The molecule has 94 valence electrons. The fourth-order valence-electron chi connectivity index (χ4n) is 1.03. The molecule has 6 heteroatoms. The third-order valence-electron chi connectivity index (χ3n) is 2.01. The van der Waals surface area contributed by atoms with Crippen molar-refractivity contribution in [3.05, 3.63) is 0 Å². The number of rotatable bonds is 10. The molecule has 0 heterocycles. The molecule has 0 aromatic rings. The maximum atomic E-state index is 8.95. The van der Waals surface area contributed by atoms with Gasteiger partial charge in [0.25, 0.3) is 0 Å². The Bertz CT molecular complexity index is 193. The van der Waals surface area contributed by atoms with Crippen molar-refractivity contribution >= 4 is 0 Å². The minimum absolute atomic E-state index is 0.210.